The topological polar surface area (TPSA) is 88.3 Å². The smallest absolute Gasteiger partial charge is 0.341 e. The van der Waals surface area contributed by atoms with Crippen LogP contribution in [-0.2, 0) is 11.2 Å². The molecule has 0 amide bonds. The number of methoxy groups -OCH3 is 1. The first-order chi connectivity index (χ1) is 20.4. The van der Waals surface area contributed by atoms with Crippen LogP contribution in [0.15, 0.2) is 77.7 Å². The van der Waals surface area contributed by atoms with Crippen LogP contribution in [0.1, 0.15) is 33.1 Å². The van der Waals surface area contributed by atoms with Crippen LogP contribution in [0.4, 0.5) is 4.39 Å². The summed E-state index contributed by atoms with van der Waals surface area (Å²) in [5.41, 5.74) is 3.22. The second kappa shape index (κ2) is 11.8. The Morgan fingerprint density at radius 1 is 1.05 bits per heavy atom. The lowest BCUT2D eigenvalue weighted by molar-refractivity contribution is 0.0601. The number of hydrogen-bond acceptors (Lipinski definition) is 8. The maximum Gasteiger partial charge on any atom is 0.341 e. The molecule has 1 saturated heterocycles. The summed E-state index contributed by atoms with van der Waals surface area (Å²) in [5.74, 6) is -0.193. The van der Waals surface area contributed by atoms with Crippen molar-refractivity contribution in [1.82, 2.24) is 14.8 Å². The summed E-state index contributed by atoms with van der Waals surface area (Å²) in [6.07, 6.45) is 5.47. The number of nitrogens with zero attached hydrogens (tertiary/aromatic N) is 3. The number of carbonyl (C=O) groups excluding carboxylic acids is 1. The van der Waals surface area contributed by atoms with Crippen molar-refractivity contribution >= 4 is 27.7 Å². The van der Waals surface area contributed by atoms with Crippen LogP contribution in [0.2, 0.25) is 0 Å². The van der Waals surface area contributed by atoms with E-state index in [-0.39, 0.29) is 23.2 Å². The lowest BCUT2D eigenvalue weighted by atomic mass is 9.89. The maximum absolute atomic E-state index is 13.3. The Morgan fingerprint density at radius 2 is 1.79 bits per heavy atom. The molecule has 5 aromatic rings. The number of pyridine rings is 1. The molecule has 6 rings (SSSR count). The molecule has 0 radical (unpaired) electrons. The summed E-state index contributed by atoms with van der Waals surface area (Å²) in [6, 6.07) is 15.3. The molecule has 1 N–H and O–H groups in total. The number of phenols is 1. The Labute approximate surface area is 242 Å². The second-order valence-corrected chi connectivity index (χ2v) is 10.6. The number of halogens is 1. The van der Waals surface area contributed by atoms with Gasteiger partial charge in [0, 0.05) is 66.7 Å². The first-order valence-electron chi connectivity index (χ1n) is 13.9. The molecular formula is C33H32FN3O5. The highest BCUT2D eigenvalue weighted by Crippen LogP contribution is 2.47. The highest BCUT2D eigenvalue weighted by atomic mass is 19.1. The van der Waals surface area contributed by atoms with Gasteiger partial charge in [-0.25, -0.2) is 9.18 Å². The maximum atomic E-state index is 13.3. The molecule has 42 heavy (non-hydrogen) atoms. The van der Waals surface area contributed by atoms with Crippen LogP contribution in [0.5, 0.6) is 11.5 Å². The number of fused-ring (bicyclic) bond motifs is 3. The van der Waals surface area contributed by atoms with E-state index in [1.807, 2.05) is 24.3 Å². The average molecular weight is 570 g/mol. The predicted molar refractivity (Wildman–Crippen MR) is 157 cm³/mol. The van der Waals surface area contributed by atoms with E-state index in [0.29, 0.717) is 46.1 Å². The highest BCUT2D eigenvalue weighted by Gasteiger charge is 2.33. The van der Waals surface area contributed by atoms with E-state index in [2.05, 4.69) is 21.8 Å². The van der Waals surface area contributed by atoms with Gasteiger partial charge in [-0.3, -0.25) is 9.88 Å². The summed E-state index contributed by atoms with van der Waals surface area (Å²) in [4.78, 5) is 21.7. The van der Waals surface area contributed by atoms with Crippen molar-refractivity contribution in [3.8, 4) is 11.5 Å². The van der Waals surface area contributed by atoms with Crippen molar-refractivity contribution in [2.24, 2.45) is 0 Å². The fraction of sp³-hybridized carbons (Fsp3) is 0.273. The van der Waals surface area contributed by atoms with Crippen molar-refractivity contribution < 1.29 is 28.2 Å². The zero-order valence-corrected chi connectivity index (χ0v) is 23.5. The van der Waals surface area contributed by atoms with Crippen LogP contribution in [0.3, 0.4) is 0 Å². The standard InChI is InChI=1S/C33H32FN3O5/c1-36-14-16-37(17-15-36)30(22-9-12-35-13-10-22)29-28-27(33(39)40-2)20-42-32(28)25-8-7-24(19-26(25)31(29)38)41-18-11-21-3-5-23(34)6-4-21/h3-10,12-13,19-20,30,38H,11,14-18H2,1-2H3. The number of ether oxygens (including phenoxy) is 2. The number of carbonyl (C=O) groups is 1. The molecule has 9 heteroatoms. The Morgan fingerprint density at radius 3 is 2.50 bits per heavy atom. The quantitative estimate of drug-likeness (QED) is 0.243. The molecule has 2 aromatic heterocycles. The molecule has 0 spiro atoms. The average Bonchev–Trinajstić information content (AvgIpc) is 3.46. The van der Waals surface area contributed by atoms with Gasteiger partial charge in [0.25, 0.3) is 0 Å². The first-order valence-corrected chi connectivity index (χ1v) is 13.9. The number of aromatic nitrogens is 1. The number of likely N-dealkylation sites (N-methyl/N-ethyl adjacent to an activating group) is 1. The molecule has 8 nitrogen and oxygen atoms in total. The van der Waals surface area contributed by atoms with Crippen LogP contribution in [0.25, 0.3) is 21.7 Å². The molecule has 216 valence electrons. The minimum atomic E-state index is -0.540. The minimum Gasteiger partial charge on any atom is -0.507 e. The molecule has 1 atom stereocenters. The van der Waals surface area contributed by atoms with Crippen molar-refractivity contribution in [3.05, 3.63) is 101 Å². The van der Waals surface area contributed by atoms with Gasteiger partial charge in [-0.2, -0.15) is 0 Å². The first kappa shape index (κ1) is 27.7. The number of rotatable bonds is 8. The van der Waals surface area contributed by atoms with Gasteiger partial charge in [-0.05, 0) is 60.6 Å². The minimum absolute atomic E-state index is 0.0498. The molecule has 0 saturated carbocycles. The number of furan rings is 1. The van der Waals surface area contributed by atoms with E-state index in [9.17, 15) is 14.3 Å². The van der Waals surface area contributed by atoms with Crippen LogP contribution in [-0.4, -0.2) is 72.8 Å². The number of piperazine rings is 1. The number of hydrogen-bond donors (Lipinski definition) is 1. The van der Waals surface area contributed by atoms with E-state index >= 15 is 0 Å². The largest absolute Gasteiger partial charge is 0.507 e. The van der Waals surface area contributed by atoms with Gasteiger partial charge in [0.15, 0.2) is 0 Å². The third kappa shape index (κ3) is 5.29. The molecule has 1 aliphatic rings. The van der Waals surface area contributed by atoms with E-state index < -0.39 is 5.97 Å². The van der Waals surface area contributed by atoms with Crippen molar-refractivity contribution in [1.29, 1.82) is 0 Å². The molecule has 1 aliphatic heterocycles. The second-order valence-electron chi connectivity index (χ2n) is 10.6. The van der Waals surface area contributed by atoms with Crippen molar-refractivity contribution in [3.63, 3.8) is 0 Å². The zero-order valence-electron chi connectivity index (χ0n) is 23.5. The van der Waals surface area contributed by atoms with Crippen LogP contribution >= 0.6 is 0 Å². The van der Waals surface area contributed by atoms with Gasteiger partial charge in [0.05, 0.1) is 19.8 Å². The molecule has 3 aromatic carbocycles. The third-order valence-electron chi connectivity index (χ3n) is 7.98. The lowest BCUT2D eigenvalue weighted by Gasteiger charge is -2.39. The molecule has 0 bridgehead atoms. The fourth-order valence-electron chi connectivity index (χ4n) is 5.74. The number of esters is 1. The highest BCUT2D eigenvalue weighted by molar-refractivity contribution is 6.16. The fourth-order valence-corrected chi connectivity index (χ4v) is 5.74. The summed E-state index contributed by atoms with van der Waals surface area (Å²) in [6.45, 7) is 3.63. The Hall–Kier alpha value is -4.47. The molecule has 0 aliphatic carbocycles. The Kier molecular flexibility index (Phi) is 7.78. The Balaban J connectivity index is 1.49. The van der Waals surface area contributed by atoms with Crippen LogP contribution in [0, 0.1) is 5.82 Å². The monoisotopic (exact) mass is 569 g/mol. The van der Waals surface area contributed by atoms with Crippen LogP contribution < -0.4 is 4.74 Å². The predicted octanol–water partition coefficient (Wildman–Crippen LogP) is 5.57. The number of phenolic OH excluding ortho intramolecular Hbond substituents is 1. The molecule has 3 heterocycles. The normalized spacial score (nSPS) is 15.2. The Bertz CT molecular complexity index is 1710. The third-order valence-corrected chi connectivity index (χ3v) is 7.98. The summed E-state index contributed by atoms with van der Waals surface area (Å²) in [5, 5.41) is 13.8. The van der Waals surface area contributed by atoms with E-state index in [0.717, 1.165) is 37.3 Å². The zero-order chi connectivity index (χ0) is 29.2. The van der Waals surface area contributed by atoms with Gasteiger partial charge < -0.3 is 23.9 Å². The van der Waals surface area contributed by atoms with E-state index in [4.69, 9.17) is 13.9 Å². The number of benzene rings is 3. The van der Waals surface area contributed by atoms with Gasteiger partial charge in [0.2, 0.25) is 0 Å². The van der Waals surface area contributed by atoms with Gasteiger partial charge in [0.1, 0.15) is 34.7 Å². The van der Waals surface area contributed by atoms with E-state index in [1.165, 1.54) is 25.5 Å². The summed E-state index contributed by atoms with van der Waals surface area (Å²) >= 11 is 0. The van der Waals surface area contributed by atoms with Crippen molar-refractivity contribution in [2.45, 2.75) is 12.5 Å². The van der Waals surface area contributed by atoms with Gasteiger partial charge in [-0.15, -0.1) is 0 Å². The van der Waals surface area contributed by atoms with Gasteiger partial charge in [-0.1, -0.05) is 12.1 Å². The molecule has 1 unspecified atom stereocenters. The van der Waals surface area contributed by atoms with Gasteiger partial charge >= 0.3 is 5.97 Å². The molecule has 1 fully saturated rings. The number of aromatic hydroxyl groups is 1. The lowest BCUT2D eigenvalue weighted by Crippen LogP contribution is -2.46. The van der Waals surface area contributed by atoms with E-state index in [1.54, 1.807) is 30.6 Å². The van der Waals surface area contributed by atoms with Crippen molar-refractivity contribution in [2.75, 3.05) is 46.9 Å². The molecular weight excluding hydrogens is 537 g/mol. The SMILES string of the molecule is COC(=O)c1coc2c1c(C(c1ccncc1)N1CCN(C)CC1)c(O)c1cc(OCCc3ccc(F)cc3)ccc12. The summed E-state index contributed by atoms with van der Waals surface area (Å²) < 4.78 is 30.5. The summed E-state index contributed by atoms with van der Waals surface area (Å²) in [7, 11) is 3.42.